The number of amides is 1. The lowest BCUT2D eigenvalue weighted by molar-refractivity contribution is -0.143. The maximum atomic E-state index is 12.5. The Kier molecular flexibility index (Phi) is 55.0. The number of hydrogen-bond donors (Lipinski definition) is 3. The number of aliphatic hydroxyl groups is 2. The van der Waals surface area contributed by atoms with Gasteiger partial charge in [-0.2, -0.15) is 0 Å². The Bertz CT molecular complexity index is 1090. The summed E-state index contributed by atoms with van der Waals surface area (Å²) in [5.41, 5.74) is 0. The van der Waals surface area contributed by atoms with Gasteiger partial charge in [-0.05, 0) is 83.5 Å². The highest BCUT2D eigenvalue weighted by Crippen LogP contribution is 2.17. The van der Waals surface area contributed by atoms with Crippen LogP contribution in [-0.2, 0) is 14.3 Å². The molecule has 0 spiro atoms. The summed E-state index contributed by atoms with van der Waals surface area (Å²) in [5, 5.41) is 23.2. The van der Waals surface area contributed by atoms with Crippen molar-refractivity contribution in [2.75, 3.05) is 13.2 Å². The summed E-state index contributed by atoms with van der Waals surface area (Å²) in [4.78, 5) is 24.5. The number of unbranched alkanes of at least 4 members (excludes halogenated alkanes) is 40. The highest BCUT2D eigenvalue weighted by molar-refractivity contribution is 5.76. The fraction of sp³-hybridized carbons (Fsp3) is 0.869. The molecule has 2 unspecified atom stereocenters. The van der Waals surface area contributed by atoms with Gasteiger partial charge in [-0.3, -0.25) is 9.59 Å². The van der Waals surface area contributed by atoms with Gasteiger partial charge < -0.3 is 20.3 Å². The van der Waals surface area contributed by atoms with Crippen molar-refractivity contribution < 1.29 is 24.5 Å². The van der Waals surface area contributed by atoms with Gasteiger partial charge in [-0.1, -0.05) is 256 Å². The van der Waals surface area contributed by atoms with E-state index < -0.39 is 12.1 Å². The average Bonchev–Trinajstić information content (AvgIpc) is 3.33. The maximum absolute atomic E-state index is 12.5. The van der Waals surface area contributed by atoms with Crippen molar-refractivity contribution in [3.8, 4) is 0 Å². The van der Waals surface area contributed by atoms with Crippen LogP contribution in [0.3, 0.4) is 0 Å². The molecule has 1 amide bonds. The predicted octanol–water partition coefficient (Wildman–Crippen LogP) is 18.4. The Balaban J connectivity index is 3.53. The number of allylic oxidation sites excluding steroid dienone is 5. The van der Waals surface area contributed by atoms with Gasteiger partial charge in [0.1, 0.15) is 0 Å². The van der Waals surface area contributed by atoms with Crippen LogP contribution in [0, 0.1) is 0 Å². The number of carbonyl (C=O) groups excluding carboxylic acids is 2. The van der Waals surface area contributed by atoms with E-state index in [2.05, 4.69) is 43.5 Å². The molecule has 0 aliphatic carbocycles. The lowest BCUT2D eigenvalue weighted by atomic mass is 10.0. The molecule has 394 valence electrons. The van der Waals surface area contributed by atoms with Gasteiger partial charge in [0.2, 0.25) is 5.91 Å². The number of carbonyl (C=O) groups is 2. The Morgan fingerprint density at radius 3 is 1.09 bits per heavy atom. The second-order valence-corrected chi connectivity index (χ2v) is 20.3. The van der Waals surface area contributed by atoms with Gasteiger partial charge in [-0.25, -0.2) is 0 Å². The van der Waals surface area contributed by atoms with Crippen LogP contribution in [0.1, 0.15) is 316 Å². The first-order valence-electron chi connectivity index (χ1n) is 29.8. The van der Waals surface area contributed by atoms with Crippen molar-refractivity contribution in [2.24, 2.45) is 0 Å². The van der Waals surface area contributed by atoms with Gasteiger partial charge in [0.15, 0.2) is 0 Å². The highest BCUT2D eigenvalue weighted by Gasteiger charge is 2.18. The van der Waals surface area contributed by atoms with E-state index >= 15 is 0 Å². The van der Waals surface area contributed by atoms with Crippen LogP contribution >= 0.6 is 0 Å². The van der Waals surface area contributed by atoms with Crippen LogP contribution in [-0.4, -0.2) is 47.4 Å². The van der Waals surface area contributed by atoms with Gasteiger partial charge in [-0.15, -0.1) is 0 Å². The Labute approximate surface area is 417 Å². The molecule has 0 aromatic rings. The third-order valence-electron chi connectivity index (χ3n) is 13.6. The molecule has 0 bridgehead atoms. The van der Waals surface area contributed by atoms with Crippen LogP contribution in [0.5, 0.6) is 0 Å². The molecule has 0 rings (SSSR count). The third kappa shape index (κ3) is 53.3. The molecule has 6 heteroatoms. The van der Waals surface area contributed by atoms with Crippen molar-refractivity contribution in [3.63, 3.8) is 0 Å². The van der Waals surface area contributed by atoms with E-state index in [4.69, 9.17) is 4.74 Å². The molecule has 0 saturated carbocycles. The summed E-state index contributed by atoms with van der Waals surface area (Å²) in [5.74, 6) is -0.119. The number of rotatable bonds is 55. The molecule has 6 nitrogen and oxygen atoms in total. The van der Waals surface area contributed by atoms with E-state index in [0.29, 0.717) is 19.4 Å². The fourth-order valence-electron chi connectivity index (χ4n) is 9.03. The molecule has 0 aliphatic heterocycles. The van der Waals surface area contributed by atoms with Crippen LogP contribution in [0.2, 0.25) is 0 Å². The summed E-state index contributed by atoms with van der Waals surface area (Å²) in [6, 6.07) is -0.650. The fourth-order valence-corrected chi connectivity index (χ4v) is 9.03. The summed E-state index contributed by atoms with van der Waals surface area (Å²) in [6.45, 7) is 4.86. The summed E-state index contributed by atoms with van der Waals surface area (Å²) >= 11 is 0. The minimum Gasteiger partial charge on any atom is -0.466 e. The van der Waals surface area contributed by atoms with Gasteiger partial charge in [0, 0.05) is 12.8 Å². The Morgan fingerprint density at radius 2 is 0.701 bits per heavy atom. The van der Waals surface area contributed by atoms with E-state index in [-0.39, 0.29) is 18.5 Å². The first-order chi connectivity index (χ1) is 33.0. The molecule has 2 atom stereocenters. The van der Waals surface area contributed by atoms with E-state index in [1.165, 1.54) is 218 Å². The number of hydrogen-bond acceptors (Lipinski definition) is 5. The molecule has 0 aromatic carbocycles. The minimum atomic E-state index is -0.863. The first kappa shape index (κ1) is 65.1. The van der Waals surface area contributed by atoms with E-state index in [1.807, 2.05) is 6.08 Å². The largest absolute Gasteiger partial charge is 0.466 e. The molecule has 0 radical (unpaired) electrons. The van der Waals surface area contributed by atoms with Crippen LogP contribution in [0.15, 0.2) is 36.5 Å². The smallest absolute Gasteiger partial charge is 0.305 e. The average molecular weight is 943 g/mol. The molecule has 0 aromatic heterocycles. The van der Waals surface area contributed by atoms with Crippen molar-refractivity contribution in [3.05, 3.63) is 36.5 Å². The zero-order valence-electron chi connectivity index (χ0n) is 44.9. The molecule has 0 fully saturated rings. The molecular formula is C61H115NO5. The van der Waals surface area contributed by atoms with E-state index in [1.54, 1.807) is 6.08 Å². The van der Waals surface area contributed by atoms with Gasteiger partial charge in [0.05, 0.1) is 25.4 Å². The van der Waals surface area contributed by atoms with Gasteiger partial charge in [0.25, 0.3) is 0 Å². The number of aliphatic hydroxyl groups excluding tert-OH is 2. The molecule has 0 heterocycles. The summed E-state index contributed by atoms with van der Waals surface area (Å²) in [6.07, 6.45) is 70.3. The van der Waals surface area contributed by atoms with Crippen molar-refractivity contribution in [2.45, 2.75) is 328 Å². The number of ether oxygens (including phenoxy) is 1. The topological polar surface area (TPSA) is 95.9 Å². The molecule has 0 saturated heterocycles. The normalized spacial score (nSPS) is 12.8. The lowest BCUT2D eigenvalue weighted by Crippen LogP contribution is -2.45. The second-order valence-electron chi connectivity index (χ2n) is 20.3. The summed E-state index contributed by atoms with van der Waals surface area (Å²) < 4.78 is 5.45. The van der Waals surface area contributed by atoms with Crippen molar-refractivity contribution >= 4 is 11.9 Å². The standard InChI is InChI=1S/C61H115NO5/c1-3-5-7-9-11-13-15-17-18-19-20-21-22-23-24-25-26-27-30-33-37-41-45-49-53-59(64)58(57-63)62-60(65)54-50-46-42-38-34-31-28-32-36-40-44-48-52-56-67-61(66)55-51-47-43-39-35-29-16-14-12-10-8-6-4-2/h14,16,31,34,49,53,58-59,63-64H,3-13,15,17-30,32-33,35-48,50-52,54-57H2,1-2H3,(H,62,65)/b16-14-,34-31-,53-49+. The Morgan fingerprint density at radius 1 is 0.403 bits per heavy atom. The monoisotopic (exact) mass is 942 g/mol. The number of nitrogens with one attached hydrogen (secondary N) is 1. The molecule has 0 aliphatic rings. The molecule has 3 N–H and O–H groups in total. The van der Waals surface area contributed by atoms with Crippen LogP contribution < -0.4 is 5.32 Å². The zero-order valence-corrected chi connectivity index (χ0v) is 44.9. The van der Waals surface area contributed by atoms with E-state index in [0.717, 1.165) is 70.6 Å². The predicted molar refractivity (Wildman–Crippen MR) is 292 cm³/mol. The molecule has 67 heavy (non-hydrogen) atoms. The molecular weight excluding hydrogens is 827 g/mol. The Hall–Kier alpha value is -1.92. The zero-order chi connectivity index (χ0) is 48.6. The first-order valence-corrected chi connectivity index (χ1v) is 29.8. The van der Waals surface area contributed by atoms with Crippen LogP contribution in [0.25, 0.3) is 0 Å². The number of esters is 1. The van der Waals surface area contributed by atoms with Crippen LogP contribution in [0.4, 0.5) is 0 Å². The van der Waals surface area contributed by atoms with Crippen molar-refractivity contribution in [1.29, 1.82) is 0 Å². The summed E-state index contributed by atoms with van der Waals surface area (Å²) in [7, 11) is 0. The lowest BCUT2D eigenvalue weighted by Gasteiger charge is -2.19. The van der Waals surface area contributed by atoms with Crippen molar-refractivity contribution in [1.82, 2.24) is 5.32 Å². The SMILES string of the molecule is CCCCCC/C=C\CCCCCCCC(=O)OCCCCCCCC/C=C\CCCCCC(=O)NC(CO)C(O)/C=C/CCCCCCCCCCCCCCCCCCCCCCCC. The third-order valence-corrected chi connectivity index (χ3v) is 13.6. The highest BCUT2D eigenvalue weighted by atomic mass is 16.5. The van der Waals surface area contributed by atoms with E-state index in [9.17, 15) is 19.8 Å². The van der Waals surface area contributed by atoms with Gasteiger partial charge >= 0.3 is 5.97 Å². The maximum Gasteiger partial charge on any atom is 0.305 e. The second kappa shape index (κ2) is 56.7. The quantitative estimate of drug-likeness (QED) is 0.0321. The minimum absolute atomic E-state index is 0.0230.